The Bertz CT molecular complexity index is 623. The number of para-hydroxylation sites is 1. The average Bonchev–Trinajstić information content (AvgIpc) is 2.53. The van der Waals surface area contributed by atoms with Crippen LogP contribution in [-0.4, -0.2) is 18.2 Å². The van der Waals surface area contributed by atoms with Crippen LogP contribution in [0.5, 0.6) is 5.75 Å². The molecule has 5 heteroatoms. The van der Waals surface area contributed by atoms with Crippen LogP contribution in [0.1, 0.15) is 21.5 Å². The number of carbonyl (C=O) groups is 1. The zero-order chi connectivity index (χ0) is 15.2. The highest BCUT2D eigenvalue weighted by Gasteiger charge is 2.14. The van der Waals surface area contributed by atoms with Crippen LogP contribution >= 0.6 is 0 Å². The van der Waals surface area contributed by atoms with Gasteiger partial charge in [-0.05, 0) is 23.3 Å². The molecule has 21 heavy (non-hydrogen) atoms. The van der Waals surface area contributed by atoms with Gasteiger partial charge in [0, 0.05) is 0 Å². The summed E-state index contributed by atoms with van der Waals surface area (Å²) in [5.41, 5.74) is 8.03. The molecule has 0 aliphatic carbocycles. The van der Waals surface area contributed by atoms with Gasteiger partial charge in [-0.25, -0.2) is 4.79 Å². The number of carbonyl (C=O) groups excluding carboxylic acids is 1. The van der Waals surface area contributed by atoms with Gasteiger partial charge < -0.3 is 20.3 Å². The molecular formula is C16H17NO4. The smallest absolute Gasteiger partial charge is 0.340 e. The van der Waals surface area contributed by atoms with Gasteiger partial charge in [-0.3, -0.25) is 0 Å². The molecule has 0 bridgehead atoms. The summed E-state index contributed by atoms with van der Waals surface area (Å²) < 4.78 is 10.3. The van der Waals surface area contributed by atoms with Gasteiger partial charge in [0.25, 0.3) is 0 Å². The van der Waals surface area contributed by atoms with E-state index in [9.17, 15) is 4.79 Å². The first-order valence-electron chi connectivity index (χ1n) is 6.44. The number of anilines is 1. The molecule has 0 aromatic heterocycles. The van der Waals surface area contributed by atoms with Crippen LogP contribution in [0, 0.1) is 0 Å². The Morgan fingerprint density at radius 2 is 1.81 bits per heavy atom. The van der Waals surface area contributed by atoms with Crippen LogP contribution in [0.3, 0.4) is 0 Å². The van der Waals surface area contributed by atoms with E-state index in [-0.39, 0.29) is 24.5 Å². The van der Waals surface area contributed by atoms with Crippen molar-refractivity contribution in [2.24, 2.45) is 0 Å². The number of esters is 1. The molecule has 0 fully saturated rings. The highest BCUT2D eigenvalue weighted by atomic mass is 16.5. The summed E-state index contributed by atoms with van der Waals surface area (Å²) >= 11 is 0. The van der Waals surface area contributed by atoms with Crippen LogP contribution in [-0.2, 0) is 18.0 Å². The van der Waals surface area contributed by atoms with E-state index in [4.69, 9.17) is 20.3 Å². The summed E-state index contributed by atoms with van der Waals surface area (Å²) in [5.74, 6) is -0.0608. The number of ether oxygens (including phenoxy) is 2. The van der Waals surface area contributed by atoms with Gasteiger partial charge in [0.15, 0.2) is 0 Å². The van der Waals surface area contributed by atoms with Gasteiger partial charge in [0.2, 0.25) is 0 Å². The average molecular weight is 287 g/mol. The van der Waals surface area contributed by atoms with E-state index in [1.54, 1.807) is 42.5 Å². The summed E-state index contributed by atoms with van der Waals surface area (Å²) in [6.07, 6.45) is 0. The Kier molecular flexibility index (Phi) is 4.79. The van der Waals surface area contributed by atoms with E-state index in [2.05, 4.69) is 0 Å². The van der Waals surface area contributed by atoms with Crippen LogP contribution in [0.2, 0.25) is 0 Å². The Labute approximate surface area is 122 Å². The Morgan fingerprint density at radius 3 is 2.43 bits per heavy atom. The highest BCUT2D eigenvalue weighted by Crippen LogP contribution is 2.25. The third-order valence-electron chi connectivity index (χ3n) is 3.08. The number of aliphatic hydroxyl groups excluding tert-OH is 1. The van der Waals surface area contributed by atoms with Crippen molar-refractivity contribution in [1.82, 2.24) is 0 Å². The molecule has 0 radical (unpaired) electrons. The zero-order valence-corrected chi connectivity index (χ0v) is 11.7. The molecule has 3 N–H and O–H groups in total. The van der Waals surface area contributed by atoms with Crippen molar-refractivity contribution in [2.45, 2.75) is 13.2 Å². The fourth-order valence-corrected chi connectivity index (χ4v) is 1.87. The maximum absolute atomic E-state index is 12.0. The molecule has 0 spiro atoms. The minimum atomic E-state index is -0.502. The Morgan fingerprint density at radius 1 is 1.14 bits per heavy atom. The van der Waals surface area contributed by atoms with E-state index >= 15 is 0 Å². The molecule has 0 aliphatic rings. The minimum absolute atomic E-state index is 0.0135. The SMILES string of the molecule is COc1cccc(C(=O)OCc2ccc(CO)cc2)c1N. The fraction of sp³-hybridized carbons (Fsp3) is 0.188. The third-order valence-corrected chi connectivity index (χ3v) is 3.08. The predicted molar refractivity (Wildman–Crippen MR) is 78.9 cm³/mol. The topological polar surface area (TPSA) is 81.8 Å². The fourth-order valence-electron chi connectivity index (χ4n) is 1.87. The quantitative estimate of drug-likeness (QED) is 0.650. The second-order valence-electron chi connectivity index (χ2n) is 4.47. The molecular weight excluding hydrogens is 270 g/mol. The van der Waals surface area contributed by atoms with Crippen LogP contribution in [0.15, 0.2) is 42.5 Å². The number of nitrogens with two attached hydrogens (primary N) is 1. The minimum Gasteiger partial charge on any atom is -0.495 e. The van der Waals surface area contributed by atoms with Gasteiger partial charge in [-0.2, -0.15) is 0 Å². The number of rotatable bonds is 5. The summed E-state index contributed by atoms with van der Waals surface area (Å²) in [4.78, 5) is 12.0. The molecule has 2 aromatic carbocycles. The van der Waals surface area contributed by atoms with E-state index in [1.165, 1.54) is 7.11 Å². The van der Waals surface area contributed by atoms with Gasteiger partial charge >= 0.3 is 5.97 Å². The van der Waals surface area contributed by atoms with Crippen molar-refractivity contribution in [2.75, 3.05) is 12.8 Å². The number of benzene rings is 2. The van der Waals surface area contributed by atoms with Crippen LogP contribution in [0.4, 0.5) is 5.69 Å². The lowest BCUT2D eigenvalue weighted by atomic mass is 10.1. The predicted octanol–water partition coefficient (Wildman–Crippen LogP) is 2.13. The first kappa shape index (κ1) is 14.9. The van der Waals surface area contributed by atoms with E-state index in [1.807, 2.05) is 0 Å². The molecule has 0 atom stereocenters. The monoisotopic (exact) mass is 287 g/mol. The zero-order valence-electron chi connectivity index (χ0n) is 11.7. The molecule has 0 unspecified atom stereocenters. The molecule has 2 aromatic rings. The molecule has 0 aliphatic heterocycles. The van der Waals surface area contributed by atoms with Crippen molar-refractivity contribution in [3.63, 3.8) is 0 Å². The van der Waals surface area contributed by atoms with Gasteiger partial charge in [0.1, 0.15) is 12.4 Å². The molecule has 0 saturated carbocycles. The maximum Gasteiger partial charge on any atom is 0.340 e. The molecule has 5 nitrogen and oxygen atoms in total. The summed E-state index contributed by atoms with van der Waals surface area (Å²) in [6.45, 7) is 0.127. The second kappa shape index (κ2) is 6.76. The highest BCUT2D eigenvalue weighted by molar-refractivity contribution is 5.96. The van der Waals surface area contributed by atoms with Crippen molar-refractivity contribution in [1.29, 1.82) is 0 Å². The number of hydrogen-bond acceptors (Lipinski definition) is 5. The van der Waals surface area contributed by atoms with Gasteiger partial charge in [-0.15, -0.1) is 0 Å². The number of methoxy groups -OCH3 is 1. The summed E-state index contributed by atoms with van der Waals surface area (Å²) in [7, 11) is 1.49. The van der Waals surface area contributed by atoms with Crippen molar-refractivity contribution >= 4 is 11.7 Å². The lowest BCUT2D eigenvalue weighted by molar-refractivity contribution is 0.0473. The van der Waals surface area contributed by atoms with E-state index < -0.39 is 5.97 Å². The standard InChI is InChI=1S/C16H17NO4/c1-20-14-4-2-3-13(15(14)17)16(19)21-10-12-7-5-11(9-18)6-8-12/h2-8,18H,9-10,17H2,1H3. The lowest BCUT2D eigenvalue weighted by Gasteiger charge is -2.10. The number of aliphatic hydroxyl groups is 1. The normalized spacial score (nSPS) is 10.2. The molecule has 0 heterocycles. The number of nitrogen functional groups attached to an aromatic ring is 1. The molecule has 0 amide bonds. The van der Waals surface area contributed by atoms with Gasteiger partial charge in [-0.1, -0.05) is 30.3 Å². The maximum atomic E-state index is 12.0. The number of hydrogen-bond donors (Lipinski definition) is 2. The first-order valence-corrected chi connectivity index (χ1v) is 6.44. The van der Waals surface area contributed by atoms with E-state index in [0.29, 0.717) is 5.75 Å². The van der Waals surface area contributed by atoms with Crippen molar-refractivity contribution < 1.29 is 19.4 Å². The van der Waals surface area contributed by atoms with Crippen LogP contribution in [0.25, 0.3) is 0 Å². The molecule has 2 rings (SSSR count). The van der Waals surface area contributed by atoms with E-state index in [0.717, 1.165) is 11.1 Å². The lowest BCUT2D eigenvalue weighted by Crippen LogP contribution is -2.09. The Hall–Kier alpha value is -2.53. The van der Waals surface area contributed by atoms with Crippen LogP contribution < -0.4 is 10.5 Å². The summed E-state index contributed by atoms with van der Waals surface area (Å²) in [6, 6.07) is 12.1. The Balaban J connectivity index is 2.04. The summed E-state index contributed by atoms with van der Waals surface area (Å²) in [5, 5.41) is 8.96. The second-order valence-corrected chi connectivity index (χ2v) is 4.47. The third kappa shape index (κ3) is 3.52. The van der Waals surface area contributed by atoms with Crippen molar-refractivity contribution in [3.8, 4) is 5.75 Å². The molecule has 0 saturated heterocycles. The van der Waals surface area contributed by atoms with Crippen molar-refractivity contribution in [3.05, 3.63) is 59.2 Å². The molecule has 110 valence electrons. The first-order chi connectivity index (χ1) is 10.2. The largest absolute Gasteiger partial charge is 0.495 e. The van der Waals surface area contributed by atoms with Gasteiger partial charge in [0.05, 0.1) is 25.0 Å².